The number of hydrogen-bond donors (Lipinski definition) is 2. The maximum atomic E-state index is 13.9. The number of benzene rings is 1. The molecule has 1 heterocycles. The van der Waals surface area contributed by atoms with Crippen molar-refractivity contribution in [2.24, 2.45) is 4.99 Å². The lowest BCUT2D eigenvalue weighted by Gasteiger charge is -2.13. The van der Waals surface area contributed by atoms with Gasteiger partial charge in [-0.3, -0.25) is 0 Å². The predicted octanol–water partition coefficient (Wildman–Crippen LogP) is 4.38. The molecule has 1 aromatic heterocycles. The summed E-state index contributed by atoms with van der Waals surface area (Å²) in [4.78, 5) is 9.29. The van der Waals surface area contributed by atoms with Crippen molar-refractivity contribution in [3.63, 3.8) is 0 Å². The Bertz CT molecular complexity index is 731. The van der Waals surface area contributed by atoms with E-state index in [0.717, 1.165) is 31.0 Å². The molecule has 0 saturated heterocycles. The molecule has 0 fully saturated rings. The predicted molar refractivity (Wildman–Crippen MR) is 125 cm³/mol. The van der Waals surface area contributed by atoms with Crippen molar-refractivity contribution in [1.82, 2.24) is 15.5 Å². The molecule has 2 aromatic rings. The first kappa shape index (κ1) is 23.8. The van der Waals surface area contributed by atoms with Crippen LogP contribution in [0.3, 0.4) is 0 Å². The highest BCUT2D eigenvalue weighted by Gasteiger charge is 2.06. The van der Waals surface area contributed by atoms with Crippen LogP contribution in [0.2, 0.25) is 0 Å². The Morgan fingerprint density at radius 2 is 1.85 bits per heavy atom. The van der Waals surface area contributed by atoms with Crippen molar-refractivity contribution in [2.75, 3.05) is 20.6 Å². The molecule has 27 heavy (non-hydrogen) atoms. The van der Waals surface area contributed by atoms with Crippen LogP contribution in [0, 0.1) is 5.82 Å². The largest absolute Gasteiger partial charge is 0.357 e. The fraction of sp³-hybridized carbons (Fsp3) is 0.450. The van der Waals surface area contributed by atoms with Gasteiger partial charge in [-0.25, -0.2) is 9.38 Å². The van der Waals surface area contributed by atoms with E-state index in [1.807, 2.05) is 43.3 Å². The Hall–Kier alpha value is -1.19. The number of nitrogens with one attached hydrogen (secondary N) is 2. The molecule has 2 N–H and O–H groups in total. The van der Waals surface area contributed by atoms with Crippen molar-refractivity contribution < 1.29 is 4.39 Å². The highest BCUT2D eigenvalue weighted by atomic mass is 127. The van der Waals surface area contributed by atoms with Gasteiger partial charge < -0.3 is 15.5 Å². The number of hydrogen-bond acceptors (Lipinski definition) is 3. The Labute approximate surface area is 183 Å². The van der Waals surface area contributed by atoms with Crippen LogP contribution < -0.4 is 10.6 Å². The summed E-state index contributed by atoms with van der Waals surface area (Å²) in [5.74, 6) is 0.610. The third-order valence-electron chi connectivity index (χ3n) is 3.86. The molecular formula is C20H30FIN4S. The van der Waals surface area contributed by atoms with E-state index in [9.17, 15) is 4.39 Å². The molecule has 0 spiro atoms. The van der Waals surface area contributed by atoms with Gasteiger partial charge in [-0.1, -0.05) is 13.0 Å². The summed E-state index contributed by atoms with van der Waals surface area (Å²) in [6.07, 6.45) is 1.07. The Morgan fingerprint density at radius 1 is 1.11 bits per heavy atom. The maximum Gasteiger partial charge on any atom is 0.191 e. The van der Waals surface area contributed by atoms with Crippen LogP contribution in [-0.2, 0) is 26.1 Å². The molecule has 0 unspecified atom stereocenters. The molecular weight excluding hydrogens is 474 g/mol. The number of rotatable bonds is 8. The van der Waals surface area contributed by atoms with Crippen LogP contribution in [-0.4, -0.2) is 31.5 Å². The zero-order valence-electron chi connectivity index (χ0n) is 16.5. The van der Waals surface area contributed by atoms with Crippen LogP contribution >= 0.6 is 35.3 Å². The molecule has 2 rings (SSSR count). The van der Waals surface area contributed by atoms with Crippen LogP contribution in [0.4, 0.5) is 4.39 Å². The van der Waals surface area contributed by atoms with Gasteiger partial charge in [0.25, 0.3) is 0 Å². The zero-order valence-corrected chi connectivity index (χ0v) is 19.7. The normalized spacial score (nSPS) is 11.4. The quantitative estimate of drug-likeness (QED) is 0.319. The first-order chi connectivity index (χ1) is 12.5. The standard InChI is InChI=1S/C20H29FN4S.HI/c1-5-17-8-9-18(26-17)13-24-20(22-6-2)23-12-15-7-10-19(21)16(11-15)14-25(3)4;/h7-11H,5-6,12-14H2,1-4H3,(H2,22,23,24);1H. The summed E-state index contributed by atoms with van der Waals surface area (Å²) < 4.78 is 13.9. The number of halogens is 2. The summed E-state index contributed by atoms with van der Waals surface area (Å²) in [5.41, 5.74) is 1.70. The minimum atomic E-state index is -0.166. The summed E-state index contributed by atoms with van der Waals surface area (Å²) in [6.45, 7) is 6.87. The van der Waals surface area contributed by atoms with Gasteiger partial charge in [0.2, 0.25) is 0 Å². The Morgan fingerprint density at radius 3 is 2.48 bits per heavy atom. The molecule has 0 radical (unpaired) electrons. The minimum absolute atomic E-state index is 0. The lowest BCUT2D eigenvalue weighted by Crippen LogP contribution is -2.36. The van der Waals surface area contributed by atoms with E-state index in [1.54, 1.807) is 6.07 Å². The van der Waals surface area contributed by atoms with Crippen molar-refractivity contribution in [2.45, 2.75) is 39.9 Å². The maximum absolute atomic E-state index is 13.9. The summed E-state index contributed by atoms with van der Waals surface area (Å²) in [5, 5.41) is 6.63. The van der Waals surface area contributed by atoms with Gasteiger partial charge in [0.05, 0.1) is 13.1 Å². The minimum Gasteiger partial charge on any atom is -0.357 e. The van der Waals surface area contributed by atoms with Crippen LogP contribution in [0.1, 0.15) is 34.7 Å². The van der Waals surface area contributed by atoms with E-state index in [2.05, 4.69) is 34.7 Å². The summed E-state index contributed by atoms with van der Waals surface area (Å²) in [6, 6.07) is 9.57. The van der Waals surface area contributed by atoms with Gasteiger partial charge in [-0.05, 0) is 57.3 Å². The molecule has 0 aliphatic rings. The van der Waals surface area contributed by atoms with E-state index in [0.29, 0.717) is 18.7 Å². The van der Waals surface area contributed by atoms with Gasteiger partial charge in [0, 0.05) is 28.4 Å². The smallest absolute Gasteiger partial charge is 0.191 e. The van der Waals surface area contributed by atoms with E-state index in [-0.39, 0.29) is 29.8 Å². The number of thiophene rings is 1. The molecule has 0 saturated carbocycles. The second-order valence-corrected chi connectivity index (χ2v) is 7.69. The number of guanidine groups is 1. The van der Waals surface area contributed by atoms with Crippen LogP contribution in [0.5, 0.6) is 0 Å². The highest BCUT2D eigenvalue weighted by molar-refractivity contribution is 14.0. The van der Waals surface area contributed by atoms with Gasteiger partial charge in [0.1, 0.15) is 5.82 Å². The lowest BCUT2D eigenvalue weighted by molar-refractivity contribution is 0.392. The first-order valence-corrected chi connectivity index (χ1v) is 9.85. The number of aliphatic imine (C=N–C) groups is 1. The fourth-order valence-corrected chi connectivity index (χ4v) is 3.48. The molecule has 7 heteroatoms. The van der Waals surface area contributed by atoms with E-state index >= 15 is 0 Å². The summed E-state index contributed by atoms with van der Waals surface area (Å²) >= 11 is 1.83. The third kappa shape index (κ3) is 8.15. The molecule has 4 nitrogen and oxygen atoms in total. The average Bonchev–Trinajstić information content (AvgIpc) is 3.07. The average molecular weight is 504 g/mol. The SMILES string of the molecule is CCNC(=NCc1ccc(F)c(CN(C)C)c1)NCc1ccc(CC)s1.I. The van der Waals surface area contributed by atoms with E-state index in [4.69, 9.17) is 0 Å². The van der Waals surface area contributed by atoms with Crippen LogP contribution in [0.25, 0.3) is 0 Å². The zero-order chi connectivity index (χ0) is 18.9. The van der Waals surface area contributed by atoms with Gasteiger partial charge in [0.15, 0.2) is 5.96 Å². The topological polar surface area (TPSA) is 39.7 Å². The second-order valence-electron chi connectivity index (χ2n) is 6.43. The second kappa shape index (κ2) is 12.3. The van der Waals surface area contributed by atoms with Crippen molar-refractivity contribution in [3.05, 3.63) is 57.0 Å². The van der Waals surface area contributed by atoms with Crippen molar-refractivity contribution in [1.29, 1.82) is 0 Å². The van der Waals surface area contributed by atoms with E-state index < -0.39 is 0 Å². The van der Waals surface area contributed by atoms with Crippen molar-refractivity contribution in [3.8, 4) is 0 Å². The van der Waals surface area contributed by atoms with Gasteiger partial charge >= 0.3 is 0 Å². The first-order valence-electron chi connectivity index (χ1n) is 9.03. The third-order valence-corrected chi connectivity index (χ3v) is 5.09. The van der Waals surface area contributed by atoms with E-state index in [1.165, 1.54) is 15.8 Å². The number of nitrogens with zero attached hydrogens (tertiary/aromatic N) is 2. The molecule has 0 atom stereocenters. The van der Waals surface area contributed by atoms with Gasteiger partial charge in [-0.15, -0.1) is 35.3 Å². The lowest BCUT2D eigenvalue weighted by atomic mass is 10.1. The Balaban J connectivity index is 0.00000364. The molecule has 150 valence electrons. The molecule has 0 aliphatic carbocycles. The Kier molecular flexibility index (Phi) is 10.9. The summed E-state index contributed by atoms with van der Waals surface area (Å²) in [7, 11) is 3.87. The molecule has 0 amide bonds. The highest BCUT2D eigenvalue weighted by Crippen LogP contribution is 2.16. The van der Waals surface area contributed by atoms with Crippen molar-refractivity contribution >= 4 is 41.3 Å². The molecule has 0 bridgehead atoms. The number of aryl methyl sites for hydroxylation is 1. The fourth-order valence-electron chi connectivity index (χ4n) is 2.58. The molecule has 0 aliphatic heterocycles. The monoisotopic (exact) mass is 504 g/mol. The molecule has 1 aromatic carbocycles. The van der Waals surface area contributed by atoms with Gasteiger partial charge in [-0.2, -0.15) is 0 Å². The van der Waals surface area contributed by atoms with Crippen LogP contribution in [0.15, 0.2) is 35.3 Å².